The normalized spacial score (nSPS) is 33.5. The molecule has 2 heteroatoms. The molecule has 1 heterocycles. The van der Waals surface area contributed by atoms with Crippen molar-refractivity contribution >= 4 is 0 Å². The zero-order chi connectivity index (χ0) is 12.1. The third kappa shape index (κ3) is 3.23. The van der Waals surface area contributed by atoms with E-state index >= 15 is 0 Å². The summed E-state index contributed by atoms with van der Waals surface area (Å²) in [6.45, 7) is 6.73. The van der Waals surface area contributed by atoms with Crippen molar-refractivity contribution in [1.82, 2.24) is 5.32 Å². The van der Waals surface area contributed by atoms with Crippen LogP contribution in [-0.4, -0.2) is 25.3 Å². The monoisotopic (exact) mass is 239 g/mol. The molecule has 0 aromatic carbocycles. The average Bonchev–Trinajstić information content (AvgIpc) is 2.52. The summed E-state index contributed by atoms with van der Waals surface area (Å²) in [6, 6.07) is 0.580. The molecule has 1 aliphatic carbocycles. The fourth-order valence-corrected chi connectivity index (χ4v) is 3.53. The predicted molar refractivity (Wildman–Crippen MR) is 72.2 cm³/mol. The van der Waals surface area contributed by atoms with Crippen LogP contribution in [0.5, 0.6) is 0 Å². The van der Waals surface area contributed by atoms with E-state index in [1.54, 1.807) is 0 Å². The number of rotatable bonds is 3. The summed E-state index contributed by atoms with van der Waals surface area (Å²) < 4.78 is 6.28. The van der Waals surface area contributed by atoms with Gasteiger partial charge in [0.05, 0.1) is 12.7 Å². The number of nitrogens with one attached hydrogen (secondary N) is 1. The Hall–Kier alpha value is -0.0800. The summed E-state index contributed by atoms with van der Waals surface area (Å²) in [5.41, 5.74) is 0.466. The summed E-state index contributed by atoms with van der Waals surface area (Å²) in [6.07, 6.45) is 11.1. The van der Waals surface area contributed by atoms with Gasteiger partial charge < -0.3 is 10.1 Å². The molecule has 2 aliphatic rings. The highest BCUT2D eigenvalue weighted by Crippen LogP contribution is 2.38. The van der Waals surface area contributed by atoms with Gasteiger partial charge in [-0.2, -0.15) is 0 Å². The number of hydrogen-bond donors (Lipinski definition) is 1. The summed E-state index contributed by atoms with van der Waals surface area (Å²) in [7, 11) is 0. The molecule has 2 nitrogen and oxygen atoms in total. The molecule has 2 fully saturated rings. The van der Waals surface area contributed by atoms with Gasteiger partial charge in [-0.05, 0) is 25.7 Å². The summed E-state index contributed by atoms with van der Waals surface area (Å²) in [4.78, 5) is 0. The molecular weight excluding hydrogens is 210 g/mol. The van der Waals surface area contributed by atoms with Gasteiger partial charge in [0.15, 0.2) is 0 Å². The smallest absolute Gasteiger partial charge is 0.0728 e. The van der Waals surface area contributed by atoms with Crippen molar-refractivity contribution in [2.24, 2.45) is 5.41 Å². The zero-order valence-electron chi connectivity index (χ0n) is 11.6. The lowest BCUT2D eigenvalue weighted by atomic mass is 9.74. The molecule has 1 saturated heterocycles. The van der Waals surface area contributed by atoms with Gasteiger partial charge >= 0.3 is 0 Å². The highest BCUT2D eigenvalue weighted by molar-refractivity contribution is 4.91. The maximum Gasteiger partial charge on any atom is 0.0728 e. The Bertz CT molecular complexity index is 223. The molecule has 1 aliphatic heterocycles. The number of hydrogen-bond acceptors (Lipinski definition) is 2. The van der Waals surface area contributed by atoms with E-state index in [0.29, 0.717) is 17.6 Å². The van der Waals surface area contributed by atoms with Crippen molar-refractivity contribution in [2.75, 3.05) is 13.2 Å². The zero-order valence-corrected chi connectivity index (χ0v) is 11.6. The van der Waals surface area contributed by atoms with Gasteiger partial charge in [-0.1, -0.05) is 39.5 Å². The van der Waals surface area contributed by atoms with Gasteiger partial charge in [0.25, 0.3) is 0 Å². The minimum Gasteiger partial charge on any atom is -0.376 e. The van der Waals surface area contributed by atoms with Crippen molar-refractivity contribution in [2.45, 2.75) is 77.4 Å². The van der Waals surface area contributed by atoms with Crippen LogP contribution in [0.25, 0.3) is 0 Å². The van der Waals surface area contributed by atoms with E-state index in [-0.39, 0.29) is 0 Å². The van der Waals surface area contributed by atoms with E-state index in [0.717, 1.165) is 6.61 Å². The van der Waals surface area contributed by atoms with Crippen LogP contribution >= 0.6 is 0 Å². The lowest BCUT2D eigenvalue weighted by Crippen LogP contribution is -2.42. The Labute approximate surface area is 107 Å². The molecule has 1 N–H and O–H groups in total. The van der Waals surface area contributed by atoms with Crippen LogP contribution in [0.2, 0.25) is 0 Å². The second-order valence-corrected chi connectivity index (χ2v) is 6.09. The van der Waals surface area contributed by atoms with E-state index < -0.39 is 0 Å². The molecular formula is C15H29NO. The van der Waals surface area contributed by atoms with E-state index in [1.165, 1.54) is 57.9 Å². The largest absolute Gasteiger partial charge is 0.376 e. The lowest BCUT2D eigenvalue weighted by molar-refractivity contribution is -0.0150. The summed E-state index contributed by atoms with van der Waals surface area (Å²) in [5.74, 6) is 0. The maximum absolute atomic E-state index is 6.28. The van der Waals surface area contributed by atoms with Crippen molar-refractivity contribution in [3.63, 3.8) is 0 Å². The van der Waals surface area contributed by atoms with Crippen molar-refractivity contribution in [1.29, 1.82) is 0 Å². The fraction of sp³-hybridized carbons (Fsp3) is 1.00. The fourth-order valence-electron chi connectivity index (χ4n) is 3.53. The van der Waals surface area contributed by atoms with Crippen LogP contribution < -0.4 is 5.32 Å². The van der Waals surface area contributed by atoms with Crippen LogP contribution in [0.1, 0.15) is 65.2 Å². The lowest BCUT2D eigenvalue weighted by Gasteiger charge is -2.35. The minimum absolute atomic E-state index is 0.450. The van der Waals surface area contributed by atoms with Crippen LogP contribution in [0.3, 0.4) is 0 Å². The maximum atomic E-state index is 6.28. The second kappa shape index (κ2) is 6.19. The van der Waals surface area contributed by atoms with E-state index in [4.69, 9.17) is 4.74 Å². The van der Waals surface area contributed by atoms with E-state index in [1.807, 2.05) is 0 Å². The molecule has 100 valence electrons. The molecule has 0 aromatic rings. The summed E-state index contributed by atoms with van der Waals surface area (Å²) in [5, 5.41) is 3.80. The SMILES string of the molecule is CCCC1OCC2(CCCCC2)CNC1CC. The topological polar surface area (TPSA) is 21.3 Å². The first-order chi connectivity index (χ1) is 8.29. The molecule has 0 radical (unpaired) electrons. The summed E-state index contributed by atoms with van der Waals surface area (Å²) >= 11 is 0. The van der Waals surface area contributed by atoms with Gasteiger partial charge in [0.1, 0.15) is 0 Å². The van der Waals surface area contributed by atoms with Gasteiger partial charge in [0.2, 0.25) is 0 Å². The van der Waals surface area contributed by atoms with Crippen LogP contribution in [0, 0.1) is 5.41 Å². The van der Waals surface area contributed by atoms with Crippen molar-refractivity contribution in [3.8, 4) is 0 Å². The average molecular weight is 239 g/mol. The first-order valence-corrected chi connectivity index (χ1v) is 7.64. The second-order valence-electron chi connectivity index (χ2n) is 6.09. The molecule has 0 aromatic heterocycles. The predicted octanol–water partition coefficient (Wildman–Crippen LogP) is 3.50. The molecule has 1 saturated carbocycles. The Morgan fingerprint density at radius 3 is 2.59 bits per heavy atom. The van der Waals surface area contributed by atoms with E-state index in [9.17, 15) is 0 Å². The third-order valence-electron chi connectivity index (χ3n) is 4.72. The minimum atomic E-state index is 0.450. The highest BCUT2D eigenvalue weighted by Gasteiger charge is 2.37. The molecule has 2 atom stereocenters. The molecule has 0 bridgehead atoms. The quantitative estimate of drug-likeness (QED) is 0.814. The molecule has 1 spiro atoms. The molecule has 0 amide bonds. The van der Waals surface area contributed by atoms with Crippen molar-refractivity contribution in [3.05, 3.63) is 0 Å². The Balaban J connectivity index is 1.98. The van der Waals surface area contributed by atoms with Crippen LogP contribution in [0.15, 0.2) is 0 Å². The van der Waals surface area contributed by atoms with Crippen molar-refractivity contribution < 1.29 is 4.74 Å². The third-order valence-corrected chi connectivity index (χ3v) is 4.72. The van der Waals surface area contributed by atoms with Crippen LogP contribution in [0.4, 0.5) is 0 Å². The standard InChI is InChI=1S/C15H29NO/c1-3-8-14-13(4-2)16-11-15(12-17-14)9-6-5-7-10-15/h13-14,16H,3-12H2,1-2H3. The Morgan fingerprint density at radius 1 is 1.18 bits per heavy atom. The first kappa shape index (κ1) is 13.4. The Kier molecular flexibility index (Phi) is 4.87. The first-order valence-electron chi connectivity index (χ1n) is 7.64. The van der Waals surface area contributed by atoms with Gasteiger partial charge in [-0.3, -0.25) is 0 Å². The van der Waals surface area contributed by atoms with Crippen LogP contribution in [-0.2, 0) is 4.74 Å². The molecule has 2 rings (SSSR count). The highest BCUT2D eigenvalue weighted by atomic mass is 16.5. The van der Waals surface area contributed by atoms with Gasteiger partial charge in [-0.15, -0.1) is 0 Å². The Morgan fingerprint density at radius 2 is 1.94 bits per heavy atom. The number of ether oxygens (including phenoxy) is 1. The molecule has 2 unspecified atom stereocenters. The van der Waals surface area contributed by atoms with E-state index in [2.05, 4.69) is 19.2 Å². The molecule has 17 heavy (non-hydrogen) atoms. The van der Waals surface area contributed by atoms with Gasteiger partial charge in [-0.25, -0.2) is 0 Å². The van der Waals surface area contributed by atoms with Gasteiger partial charge in [0, 0.05) is 18.0 Å².